The Hall–Kier alpha value is -1.82. The summed E-state index contributed by atoms with van der Waals surface area (Å²) < 4.78 is 1.27. The minimum atomic E-state index is -0.315. The van der Waals surface area contributed by atoms with Crippen molar-refractivity contribution in [3.8, 4) is 5.82 Å². The topological polar surface area (TPSA) is 89.6 Å². The molecule has 0 spiro atoms. The lowest BCUT2D eigenvalue weighted by Gasteiger charge is -1.99. The van der Waals surface area contributed by atoms with Gasteiger partial charge in [-0.3, -0.25) is 9.89 Å². The van der Waals surface area contributed by atoms with Crippen molar-refractivity contribution >= 4 is 17.3 Å². The van der Waals surface area contributed by atoms with Gasteiger partial charge in [0.2, 0.25) is 0 Å². The Labute approximate surface area is 102 Å². The number of rotatable bonds is 3. The van der Waals surface area contributed by atoms with Crippen molar-refractivity contribution in [2.24, 2.45) is 0 Å². The lowest BCUT2D eigenvalue weighted by Crippen LogP contribution is -2.18. The highest BCUT2D eigenvalue weighted by atomic mass is 35.5. The number of hydrogen-bond donors (Lipinski definition) is 2. The second kappa shape index (κ2) is 4.58. The third-order valence-corrected chi connectivity index (χ3v) is 2.55. The van der Waals surface area contributed by atoms with Crippen molar-refractivity contribution in [2.75, 3.05) is 5.73 Å². The smallest absolute Gasteiger partial charge is 0.296 e. The molecular formula is C10H12ClN5O. The van der Waals surface area contributed by atoms with E-state index in [1.165, 1.54) is 4.68 Å². The maximum Gasteiger partial charge on any atom is 0.296 e. The molecule has 2 rings (SSSR count). The van der Waals surface area contributed by atoms with Gasteiger partial charge in [0.15, 0.2) is 11.0 Å². The van der Waals surface area contributed by atoms with Crippen LogP contribution in [0.5, 0.6) is 0 Å². The van der Waals surface area contributed by atoms with Crippen molar-refractivity contribution in [3.05, 3.63) is 33.3 Å². The molecule has 0 atom stereocenters. The second-order valence-electron chi connectivity index (χ2n) is 3.61. The lowest BCUT2D eigenvalue weighted by molar-refractivity contribution is 0.759. The number of aromatic nitrogens is 4. The number of nitrogen functional groups attached to an aromatic ring is 1. The van der Waals surface area contributed by atoms with Crippen LogP contribution < -0.4 is 11.3 Å². The maximum absolute atomic E-state index is 11.9. The Morgan fingerprint density at radius 2 is 2.24 bits per heavy atom. The van der Waals surface area contributed by atoms with Crippen molar-refractivity contribution in [1.82, 2.24) is 20.0 Å². The van der Waals surface area contributed by atoms with Crippen LogP contribution in [-0.2, 0) is 6.42 Å². The molecule has 0 unspecified atom stereocenters. The molecule has 2 heterocycles. The summed E-state index contributed by atoms with van der Waals surface area (Å²) in [6, 6.07) is 3.16. The molecule has 2 aromatic rings. The summed E-state index contributed by atoms with van der Waals surface area (Å²) >= 11 is 5.63. The summed E-state index contributed by atoms with van der Waals surface area (Å²) in [5.74, 6) is 0.369. The van der Waals surface area contributed by atoms with Gasteiger partial charge in [-0.15, -0.1) is 10.2 Å². The van der Waals surface area contributed by atoms with Crippen LogP contribution in [0, 0.1) is 0 Å². The Morgan fingerprint density at radius 1 is 1.47 bits per heavy atom. The molecule has 6 nitrogen and oxygen atoms in total. The van der Waals surface area contributed by atoms with Crippen molar-refractivity contribution in [2.45, 2.75) is 19.8 Å². The molecule has 90 valence electrons. The molecule has 0 saturated carbocycles. The van der Waals surface area contributed by atoms with Gasteiger partial charge < -0.3 is 5.73 Å². The van der Waals surface area contributed by atoms with E-state index in [2.05, 4.69) is 15.3 Å². The fourth-order valence-electron chi connectivity index (χ4n) is 1.53. The molecule has 0 aromatic carbocycles. The molecule has 0 radical (unpaired) electrons. The van der Waals surface area contributed by atoms with E-state index < -0.39 is 0 Å². The van der Waals surface area contributed by atoms with Crippen molar-refractivity contribution in [1.29, 1.82) is 0 Å². The van der Waals surface area contributed by atoms with E-state index in [0.29, 0.717) is 11.5 Å². The number of anilines is 1. The Kier molecular flexibility index (Phi) is 3.14. The van der Waals surface area contributed by atoms with Crippen molar-refractivity contribution < 1.29 is 0 Å². The number of H-pyrrole nitrogens is 1. The van der Waals surface area contributed by atoms with Gasteiger partial charge in [0.25, 0.3) is 5.56 Å². The summed E-state index contributed by atoms with van der Waals surface area (Å²) in [5, 5.41) is 10.7. The van der Waals surface area contributed by atoms with Crippen LogP contribution in [0.3, 0.4) is 0 Å². The van der Waals surface area contributed by atoms with Crippen LogP contribution in [0.25, 0.3) is 5.82 Å². The normalized spacial score (nSPS) is 10.7. The fourth-order valence-corrected chi connectivity index (χ4v) is 1.63. The number of nitrogens with one attached hydrogen (secondary N) is 1. The third kappa shape index (κ3) is 2.16. The van der Waals surface area contributed by atoms with Crippen LogP contribution in [0.2, 0.25) is 5.15 Å². The molecule has 0 saturated heterocycles. The molecule has 0 bridgehead atoms. The molecule has 0 amide bonds. The molecule has 7 heteroatoms. The predicted octanol–water partition coefficient (Wildman–Crippen LogP) is 1.14. The first-order chi connectivity index (χ1) is 8.13. The van der Waals surface area contributed by atoms with Gasteiger partial charge >= 0.3 is 0 Å². The summed E-state index contributed by atoms with van der Waals surface area (Å²) in [6.45, 7) is 2.01. The molecule has 0 aliphatic carbocycles. The molecular weight excluding hydrogens is 242 g/mol. The Bertz CT molecular complexity index is 571. The third-order valence-electron chi connectivity index (χ3n) is 2.35. The minimum absolute atomic E-state index is 0.226. The monoisotopic (exact) mass is 253 g/mol. The van der Waals surface area contributed by atoms with Gasteiger partial charge in [0.05, 0.1) is 5.69 Å². The van der Waals surface area contributed by atoms with Gasteiger partial charge in [-0.1, -0.05) is 24.9 Å². The van der Waals surface area contributed by atoms with Crippen molar-refractivity contribution in [3.63, 3.8) is 0 Å². The largest absolute Gasteiger partial charge is 0.393 e. The number of halogens is 1. The van der Waals surface area contributed by atoms with E-state index in [4.69, 9.17) is 17.3 Å². The van der Waals surface area contributed by atoms with E-state index in [1.54, 1.807) is 12.1 Å². The van der Waals surface area contributed by atoms with Gasteiger partial charge in [0.1, 0.15) is 5.69 Å². The average Bonchev–Trinajstić information content (AvgIpc) is 2.59. The zero-order chi connectivity index (χ0) is 12.4. The Balaban J connectivity index is 2.49. The molecule has 3 N–H and O–H groups in total. The number of aryl methyl sites for hydroxylation is 1. The first-order valence-corrected chi connectivity index (χ1v) is 5.60. The summed E-state index contributed by atoms with van der Waals surface area (Å²) in [7, 11) is 0. The zero-order valence-corrected chi connectivity index (χ0v) is 10.0. The van der Waals surface area contributed by atoms with Gasteiger partial charge in [-0.25, -0.2) is 0 Å². The lowest BCUT2D eigenvalue weighted by atomic mass is 10.2. The van der Waals surface area contributed by atoms with E-state index >= 15 is 0 Å². The van der Waals surface area contributed by atoms with Crippen LogP contribution in [-0.4, -0.2) is 20.0 Å². The minimum Gasteiger partial charge on any atom is -0.393 e. The molecule has 0 aliphatic rings. The van der Waals surface area contributed by atoms with Crippen LogP contribution >= 0.6 is 11.6 Å². The quantitative estimate of drug-likeness (QED) is 0.858. The summed E-state index contributed by atoms with van der Waals surface area (Å²) in [6.07, 6.45) is 1.62. The highest BCUT2D eigenvalue weighted by molar-refractivity contribution is 6.29. The second-order valence-corrected chi connectivity index (χ2v) is 4.00. The van der Waals surface area contributed by atoms with Crippen LogP contribution in [0.15, 0.2) is 16.9 Å². The number of nitrogens with two attached hydrogens (primary N) is 1. The predicted molar refractivity (Wildman–Crippen MR) is 65.4 cm³/mol. The zero-order valence-electron chi connectivity index (χ0n) is 9.27. The summed E-state index contributed by atoms with van der Waals surface area (Å²) in [4.78, 5) is 11.9. The van der Waals surface area contributed by atoms with Gasteiger partial charge in [-0.2, -0.15) is 4.68 Å². The first kappa shape index (κ1) is 11.7. The molecule has 0 aliphatic heterocycles. The highest BCUT2D eigenvalue weighted by Crippen LogP contribution is 2.10. The number of hydrogen-bond acceptors (Lipinski definition) is 4. The maximum atomic E-state index is 11.9. The van der Waals surface area contributed by atoms with Gasteiger partial charge in [0, 0.05) is 0 Å². The molecule has 17 heavy (non-hydrogen) atoms. The van der Waals surface area contributed by atoms with E-state index in [9.17, 15) is 4.79 Å². The number of nitrogens with zero attached hydrogens (tertiary/aromatic N) is 3. The summed E-state index contributed by atoms with van der Waals surface area (Å²) in [5.41, 5.74) is 6.35. The first-order valence-electron chi connectivity index (χ1n) is 5.22. The molecule has 2 aromatic heterocycles. The number of aromatic amines is 1. The SMILES string of the molecule is CCCc1[nH]n(-c2ccc(Cl)nn2)c(=O)c1N. The fraction of sp³-hybridized carbons (Fsp3) is 0.300. The van der Waals surface area contributed by atoms with Gasteiger partial charge in [-0.05, 0) is 18.6 Å². The standard InChI is InChI=1S/C10H12ClN5O/c1-2-3-6-9(12)10(17)16(15-6)8-5-4-7(11)13-14-8/h4-5,15H,2-3,12H2,1H3. The van der Waals surface area contributed by atoms with E-state index in [0.717, 1.165) is 12.8 Å². The van der Waals surface area contributed by atoms with E-state index in [-0.39, 0.29) is 16.4 Å². The molecule has 0 fully saturated rings. The average molecular weight is 254 g/mol. The van der Waals surface area contributed by atoms with Crippen LogP contribution in [0.1, 0.15) is 19.0 Å². The van der Waals surface area contributed by atoms with E-state index in [1.807, 2.05) is 6.92 Å². The van der Waals surface area contributed by atoms with Crippen LogP contribution in [0.4, 0.5) is 5.69 Å². The highest BCUT2D eigenvalue weighted by Gasteiger charge is 2.12. The Morgan fingerprint density at radius 3 is 2.82 bits per heavy atom.